The zero-order valence-corrected chi connectivity index (χ0v) is 13.4. The van der Waals surface area contributed by atoms with Gasteiger partial charge in [-0.15, -0.1) is 0 Å². The molecule has 1 N–H and O–H groups in total. The zero-order valence-electron chi connectivity index (χ0n) is 13.4. The number of halogens is 4. The predicted octanol–water partition coefficient (Wildman–Crippen LogP) is 3.93. The van der Waals surface area contributed by atoms with Crippen molar-refractivity contribution >= 4 is 11.6 Å². The van der Waals surface area contributed by atoms with E-state index in [1.165, 1.54) is 26.0 Å². The summed E-state index contributed by atoms with van der Waals surface area (Å²) in [6, 6.07) is 5.22. The van der Waals surface area contributed by atoms with Crippen LogP contribution in [0.15, 0.2) is 24.3 Å². The first kappa shape index (κ1) is 18.0. The molecule has 8 heteroatoms. The molecular formula is C16H17F4N3O. The van der Waals surface area contributed by atoms with Crippen molar-refractivity contribution in [3.8, 4) is 0 Å². The number of aryl methyl sites for hydroxylation is 2. The molecule has 0 aliphatic heterocycles. The molecule has 24 heavy (non-hydrogen) atoms. The number of carbonyl (C=O) groups excluding carboxylic acids is 1. The predicted molar refractivity (Wildman–Crippen MR) is 80.9 cm³/mol. The fraction of sp³-hybridized carbons (Fsp3) is 0.375. The summed E-state index contributed by atoms with van der Waals surface area (Å²) in [5.41, 5.74) is 0.109. The van der Waals surface area contributed by atoms with E-state index in [-0.39, 0.29) is 12.2 Å². The highest BCUT2D eigenvalue weighted by molar-refractivity contribution is 5.92. The molecule has 1 atom stereocenters. The molecule has 0 fully saturated rings. The summed E-state index contributed by atoms with van der Waals surface area (Å²) in [5.74, 6) is -1.76. The van der Waals surface area contributed by atoms with E-state index in [0.717, 1.165) is 16.3 Å². The largest absolute Gasteiger partial charge is 0.435 e. The van der Waals surface area contributed by atoms with E-state index in [1.807, 2.05) is 0 Å². The van der Waals surface area contributed by atoms with Crippen molar-refractivity contribution in [2.75, 3.05) is 5.32 Å². The number of hydrogen-bond donors (Lipinski definition) is 1. The Bertz CT molecular complexity index is 752. The second-order valence-electron chi connectivity index (χ2n) is 5.72. The highest BCUT2D eigenvalue weighted by atomic mass is 19.4. The monoisotopic (exact) mass is 343 g/mol. The van der Waals surface area contributed by atoms with Gasteiger partial charge in [-0.05, 0) is 37.6 Å². The quantitative estimate of drug-likeness (QED) is 0.855. The average molecular weight is 343 g/mol. The van der Waals surface area contributed by atoms with Crippen LogP contribution >= 0.6 is 0 Å². The third-order valence-electron chi connectivity index (χ3n) is 3.55. The molecule has 0 aliphatic carbocycles. The molecule has 130 valence electrons. The van der Waals surface area contributed by atoms with Crippen LogP contribution < -0.4 is 5.32 Å². The second-order valence-corrected chi connectivity index (χ2v) is 5.72. The van der Waals surface area contributed by atoms with Gasteiger partial charge in [-0.25, -0.2) is 4.39 Å². The minimum Gasteiger partial charge on any atom is -0.323 e. The van der Waals surface area contributed by atoms with Gasteiger partial charge in [0, 0.05) is 5.69 Å². The number of aromatic nitrogens is 2. The van der Waals surface area contributed by atoms with Gasteiger partial charge in [-0.1, -0.05) is 13.0 Å². The number of nitrogens with zero attached hydrogens (tertiary/aromatic N) is 2. The summed E-state index contributed by atoms with van der Waals surface area (Å²) in [4.78, 5) is 12.2. The Hall–Kier alpha value is -2.38. The summed E-state index contributed by atoms with van der Waals surface area (Å²) in [6.07, 6.45) is -4.54. The van der Waals surface area contributed by atoms with E-state index in [4.69, 9.17) is 0 Å². The van der Waals surface area contributed by atoms with Crippen LogP contribution in [-0.4, -0.2) is 15.7 Å². The van der Waals surface area contributed by atoms with Crippen molar-refractivity contribution < 1.29 is 22.4 Å². The normalized spacial score (nSPS) is 13.0. The number of hydrogen-bond acceptors (Lipinski definition) is 2. The van der Waals surface area contributed by atoms with Crippen LogP contribution in [0, 0.1) is 25.6 Å². The van der Waals surface area contributed by atoms with Crippen molar-refractivity contribution in [2.45, 2.75) is 33.5 Å². The lowest BCUT2D eigenvalue weighted by molar-refractivity contribution is -0.141. The Morgan fingerprint density at radius 1 is 1.29 bits per heavy atom. The van der Waals surface area contributed by atoms with E-state index in [0.29, 0.717) is 5.69 Å². The van der Waals surface area contributed by atoms with Gasteiger partial charge in [0.15, 0.2) is 5.69 Å². The number of carbonyl (C=O) groups is 1. The zero-order chi connectivity index (χ0) is 18.1. The molecule has 2 rings (SSSR count). The van der Waals surface area contributed by atoms with Gasteiger partial charge in [-0.3, -0.25) is 9.48 Å². The summed E-state index contributed by atoms with van der Waals surface area (Å²) < 4.78 is 52.7. The maximum Gasteiger partial charge on any atom is 0.435 e. The maximum atomic E-state index is 13.7. The number of alkyl halides is 3. The van der Waals surface area contributed by atoms with Gasteiger partial charge in [0.25, 0.3) is 0 Å². The average Bonchev–Trinajstić information content (AvgIpc) is 2.84. The van der Waals surface area contributed by atoms with Gasteiger partial charge in [0.1, 0.15) is 5.82 Å². The first-order chi connectivity index (χ1) is 11.1. The number of rotatable bonds is 4. The Morgan fingerprint density at radius 2 is 1.96 bits per heavy atom. The lowest BCUT2D eigenvalue weighted by atomic mass is 10.1. The van der Waals surface area contributed by atoms with E-state index < -0.39 is 29.5 Å². The molecule has 0 saturated carbocycles. The minimum atomic E-state index is -4.54. The van der Waals surface area contributed by atoms with Crippen LogP contribution in [0.2, 0.25) is 0 Å². The van der Waals surface area contributed by atoms with Crippen LogP contribution in [-0.2, 0) is 17.5 Å². The Labute approximate surface area is 136 Å². The van der Waals surface area contributed by atoms with Crippen LogP contribution in [0.3, 0.4) is 0 Å². The smallest absolute Gasteiger partial charge is 0.323 e. The van der Waals surface area contributed by atoms with Crippen LogP contribution in [0.1, 0.15) is 23.9 Å². The van der Waals surface area contributed by atoms with Crippen molar-refractivity contribution in [1.29, 1.82) is 0 Å². The van der Waals surface area contributed by atoms with Gasteiger partial charge >= 0.3 is 6.18 Å². The summed E-state index contributed by atoms with van der Waals surface area (Å²) in [5, 5.41) is 5.93. The van der Waals surface area contributed by atoms with E-state index >= 15 is 0 Å². The van der Waals surface area contributed by atoms with Gasteiger partial charge in [0.2, 0.25) is 5.91 Å². The molecule has 1 aromatic carbocycles. The maximum absolute atomic E-state index is 13.7. The molecule has 0 aliphatic rings. The highest BCUT2D eigenvalue weighted by Gasteiger charge is 2.34. The van der Waals surface area contributed by atoms with Crippen LogP contribution in [0.25, 0.3) is 0 Å². The summed E-state index contributed by atoms with van der Waals surface area (Å²) >= 11 is 0. The molecule has 0 bridgehead atoms. The van der Waals surface area contributed by atoms with Gasteiger partial charge in [-0.2, -0.15) is 18.3 Å². The fourth-order valence-corrected chi connectivity index (χ4v) is 2.17. The standard InChI is InChI=1S/C16H17F4N3O/c1-9-4-5-12(17)13(6-9)21-15(24)10(2)8-23-11(3)7-14(22-23)16(18,19)20/h4-7,10H,8H2,1-3H3,(H,21,24). The number of amides is 1. The topological polar surface area (TPSA) is 46.9 Å². The van der Waals surface area contributed by atoms with Crippen LogP contribution in [0.5, 0.6) is 0 Å². The van der Waals surface area contributed by atoms with Crippen molar-refractivity contribution in [3.63, 3.8) is 0 Å². The Morgan fingerprint density at radius 3 is 2.54 bits per heavy atom. The molecule has 0 radical (unpaired) electrons. The molecule has 0 spiro atoms. The Kier molecular flexibility index (Phi) is 4.96. The third kappa shape index (κ3) is 4.12. The van der Waals surface area contributed by atoms with Crippen molar-refractivity contribution in [3.05, 3.63) is 47.0 Å². The van der Waals surface area contributed by atoms with E-state index in [1.54, 1.807) is 13.0 Å². The second kappa shape index (κ2) is 6.62. The van der Waals surface area contributed by atoms with Gasteiger partial charge < -0.3 is 5.32 Å². The fourth-order valence-electron chi connectivity index (χ4n) is 2.17. The molecule has 4 nitrogen and oxygen atoms in total. The minimum absolute atomic E-state index is 0.0405. The van der Waals surface area contributed by atoms with Crippen LogP contribution in [0.4, 0.5) is 23.2 Å². The van der Waals surface area contributed by atoms with E-state index in [2.05, 4.69) is 10.4 Å². The molecule has 2 aromatic rings. The Balaban J connectivity index is 2.09. The lowest BCUT2D eigenvalue weighted by Crippen LogP contribution is -2.26. The van der Waals surface area contributed by atoms with E-state index in [9.17, 15) is 22.4 Å². The van der Waals surface area contributed by atoms with Crippen molar-refractivity contribution in [1.82, 2.24) is 9.78 Å². The first-order valence-electron chi connectivity index (χ1n) is 7.26. The first-order valence-corrected chi connectivity index (χ1v) is 7.26. The summed E-state index contributed by atoms with van der Waals surface area (Å²) in [6.45, 7) is 4.73. The molecule has 1 unspecified atom stereocenters. The van der Waals surface area contributed by atoms with Gasteiger partial charge in [0.05, 0.1) is 18.2 Å². The molecule has 1 amide bonds. The molecule has 1 heterocycles. The SMILES string of the molecule is Cc1ccc(F)c(NC(=O)C(C)Cn2nc(C(F)(F)F)cc2C)c1. The highest BCUT2D eigenvalue weighted by Crippen LogP contribution is 2.28. The third-order valence-corrected chi connectivity index (χ3v) is 3.55. The number of nitrogens with one attached hydrogen (secondary N) is 1. The molecular weight excluding hydrogens is 326 g/mol. The molecule has 1 aromatic heterocycles. The number of anilines is 1. The summed E-state index contributed by atoms with van der Waals surface area (Å²) in [7, 11) is 0. The van der Waals surface area contributed by atoms with Crippen molar-refractivity contribution in [2.24, 2.45) is 5.92 Å². The number of benzene rings is 1. The lowest BCUT2D eigenvalue weighted by Gasteiger charge is -2.14. The molecule has 0 saturated heterocycles.